The summed E-state index contributed by atoms with van der Waals surface area (Å²) in [5, 5.41) is 7.92. The first-order valence-corrected chi connectivity index (χ1v) is 8.70. The summed E-state index contributed by atoms with van der Waals surface area (Å²) in [6.45, 7) is 10.7. The Morgan fingerprint density at radius 1 is 1.35 bits per heavy atom. The van der Waals surface area contributed by atoms with Gasteiger partial charge in [-0.2, -0.15) is 0 Å². The van der Waals surface area contributed by atoms with Gasteiger partial charge < -0.3 is 15.4 Å². The highest BCUT2D eigenvalue weighted by Gasteiger charge is 2.22. The van der Waals surface area contributed by atoms with Crippen molar-refractivity contribution in [3.05, 3.63) is 11.1 Å². The van der Waals surface area contributed by atoms with Gasteiger partial charge in [0.05, 0.1) is 18.2 Å². The minimum Gasteiger partial charge on any atom is -0.379 e. The molecule has 23 heavy (non-hydrogen) atoms. The Labute approximate surface area is 142 Å². The molecule has 0 bridgehead atoms. The molecule has 0 radical (unpaired) electrons. The van der Waals surface area contributed by atoms with Crippen LogP contribution < -0.4 is 10.6 Å². The van der Waals surface area contributed by atoms with Crippen LogP contribution in [0.5, 0.6) is 0 Å². The van der Waals surface area contributed by atoms with E-state index in [0.29, 0.717) is 24.0 Å². The van der Waals surface area contributed by atoms with E-state index in [1.54, 1.807) is 5.38 Å². The summed E-state index contributed by atoms with van der Waals surface area (Å²) in [4.78, 5) is 28.0. The summed E-state index contributed by atoms with van der Waals surface area (Å²) in [5.74, 6) is -0.165. The number of hydrogen-bond donors (Lipinski definition) is 2. The molecule has 0 aliphatic rings. The highest BCUT2D eigenvalue weighted by atomic mass is 32.1. The van der Waals surface area contributed by atoms with Crippen molar-refractivity contribution in [1.29, 1.82) is 0 Å². The Bertz CT molecular complexity index is 521. The van der Waals surface area contributed by atoms with E-state index in [4.69, 9.17) is 4.74 Å². The number of carbonyl (C=O) groups is 2. The number of aromatic nitrogens is 1. The molecule has 0 saturated carbocycles. The van der Waals surface area contributed by atoms with Gasteiger partial charge in [-0.3, -0.25) is 9.59 Å². The molecule has 130 valence electrons. The molecule has 0 fully saturated rings. The first-order chi connectivity index (χ1) is 10.7. The second-order valence-corrected chi connectivity index (χ2v) is 7.51. The zero-order valence-corrected chi connectivity index (χ0v) is 15.4. The summed E-state index contributed by atoms with van der Waals surface area (Å²) in [6.07, 6.45) is 1.21. The molecule has 2 N–H and O–H groups in total. The lowest BCUT2D eigenvalue weighted by atomic mass is 9.96. The Morgan fingerprint density at radius 2 is 2.04 bits per heavy atom. The smallest absolute Gasteiger partial charge is 0.231 e. The lowest BCUT2D eigenvalue weighted by molar-refractivity contribution is -0.123. The zero-order chi connectivity index (χ0) is 17.5. The average molecular weight is 341 g/mol. The molecule has 0 aromatic carbocycles. The van der Waals surface area contributed by atoms with Crippen LogP contribution in [0.1, 0.15) is 46.7 Å². The molecule has 6 nitrogen and oxygen atoms in total. The number of thiazole rings is 1. The fourth-order valence-corrected chi connectivity index (χ4v) is 2.28. The quantitative estimate of drug-likeness (QED) is 0.712. The van der Waals surface area contributed by atoms with Gasteiger partial charge in [0.15, 0.2) is 5.13 Å². The van der Waals surface area contributed by atoms with Crippen LogP contribution in [0, 0.1) is 5.41 Å². The lowest BCUT2D eigenvalue weighted by Crippen LogP contribution is -2.28. The Morgan fingerprint density at radius 3 is 2.65 bits per heavy atom. The summed E-state index contributed by atoms with van der Waals surface area (Å²) in [7, 11) is 0. The number of nitrogens with one attached hydrogen (secondary N) is 2. The van der Waals surface area contributed by atoms with Crippen LogP contribution in [0.2, 0.25) is 0 Å². The van der Waals surface area contributed by atoms with Gasteiger partial charge in [0, 0.05) is 23.9 Å². The molecule has 0 aliphatic heterocycles. The third kappa shape index (κ3) is 8.08. The van der Waals surface area contributed by atoms with E-state index in [1.807, 2.05) is 34.6 Å². The van der Waals surface area contributed by atoms with Crippen molar-refractivity contribution < 1.29 is 14.3 Å². The predicted molar refractivity (Wildman–Crippen MR) is 92.6 cm³/mol. The van der Waals surface area contributed by atoms with Crippen LogP contribution in [0.4, 0.5) is 5.13 Å². The fourth-order valence-electron chi connectivity index (χ4n) is 1.58. The summed E-state index contributed by atoms with van der Waals surface area (Å²) < 4.78 is 5.41. The monoisotopic (exact) mass is 341 g/mol. The number of ether oxygens (including phenoxy) is 1. The molecule has 2 amide bonds. The predicted octanol–water partition coefficient (Wildman–Crippen LogP) is 2.60. The first-order valence-electron chi connectivity index (χ1n) is 7.82. The van der Waals surface area contributed by atoms with E-state index >= 15 is 0 Å². The maximum Gasteiger partial charge on any atom is 0.231 e. The highest BCUT2D eigenvalue weighted by molar-refractivity contribution is 7.13. The van der Waals surface area contributed by atoms with Crippen molar-refractivity contribution in [3.63, 3.8) is 0 Å². The van der Waals surface area contributed by atoms with Gasteiger partial charge in [0.1, 0.15) is 0 Å². The number of rotatable bonds is 8. The molecule has 1 heterocycles. The second kappa shape index (κ2) is 8.98. The van der Waals surface area contributed by atoms with Crippen LogP contribution in [0.25, 0.3) is 0 Å². The first kappa shape index (κ1) is 19.6. The summed E-state index contributed by atoms with van der Waals surface area (Å²) >= 11 is 1.33. The minimum atomic E-state index is -0.471. The number of hydrogen-bond acceptors (Lipinski definition) is 5. The van der Waals surface area contributed by atoms with Crippen LogP contribution in [0.3, 0.4) is 0 Å². The standard InChI is InChI=1S/C16H27N3O3S/c1-11(2)22-8-6-7-17-13(20)9-12-10-23-15(18-12)19-14(21)16(3,4)5/h10-11H,6-9H2,1-5H3,(H,17,20)(H,18,19,21). The fraction of sp³-hybridized carbons (Fsp3) is 0.688. The number of amides is 2. The van der Waals surface area contributed by atoms with E-state index in [9.17, 15) is 9.59 Å². The SMILES string of the molecule is CC(C)OCCCNC(=O)Cc1csc(NC(=O)C(C)(C)C)n1. The normalized spacial score (nSPS) is 11.6. The molecule has 7 heteroatoms. The van der Waals surface area contributed by atoms with Crippen LogP contribution in [0.15, 0.2) is 5.38 Å². The molecule has 0 spiro atoms. The van der Waals surface area contributed by atoms with Crippen molar-refractivity contribution in [1.82, 2.24) is 10.3 Å². The Kier molecular flexibility index (Phi) is 7.64. The van der Waals surface area contributed by atoms with Crippen LogP contribution in [-0.4, -0.2) is 36.1 Å². The van der Waals surface area contributed by atoms with Crippen molar-refractivity contribution in [2.45, 2.75) is 53.6 Å². The molecule has 1 rings (SSSR count). The third-order valence-electron chi connectivity index (χ3n) is 2.89. The summed E-state index contributed by atoms with van der Waals surface area (Å²) in [6, 6.07) is 0. The topological polar surface area (TPSA) is 80.3 Å². The van der Waals surface area contributed by atoms with Crippen molar-refractivity contribution >= 4 is 28.3 Å². The maximum atomic E-state index is 11.9. The molecule has 0 unspecified atom stereocenters. The lowest BCUT2D eigenvalue weighted by Gasteiger charge is -2.15. The molecule has 1 aromatic rings. The van der Waals surface area contributed by atoms with Gasteiger partial charge in [-0.15, -0.1) is 11.3 Å². The van der Waals surface area contributed by atoms with Crippen LogP contribution >= 0.6 is 11.3 Å². The highest BCUT2D eigenvalue weighted by Crippen LogP contribution is 2.20. The molecule has 0 atom stereocenters. The van der Waals surface area contributed by atoms with Gasteiger partial charge in [-0.25, -0.2) is 4.98 Å². The van der Waals surface area contributed by atoms with E-state index in [0.717, 1.165) is 6.42 Å². The van der Waals surface area contributed by atoms with Crippen molar-refractivity contribution in [3.8, 4) is 0 Å². The Balaban J connectivity index is 2.32. The Hall–Kier alpha value is -1.47. The van der Waals surface area contributed by atoms with E-state index < -0.39 is 5.41 Å². The van der Waals surface area contributed by atoms with E-state index in [2.05, 4.69) is 15.6 Å². The molecule has 0 aliphatic carbocycles. The number of nitrogens with zero attached hydrogens (tertiary/aromatic N) is 1. The molecular weight excluding hydrogens is 314 g/mol. The number of anilines is 1. The largest absolute Gasteiger partial charge is 0.379 e. The molecule has 0 saturated heterocycles. The van der Waals surface area contributed by atoms with Gasteiger partial charge in [-0.1, -0.05) is 20.8 Å². The number of carbonyl (C=O) groups excluding carboxylic acids is 2. The van der Waals surface area contributed by atoms with Gasteiger partial charge in [0.25, 0.3) is 0 Å². The van der Waals surface area contributed by atoms with Crippen LogP contribution in [-0.2, 0) is 20.7 Å². The molecule has 1 aromatic heterocycles. The van der Waals surface area contributed by atoms with Crippen molar-refractivity contribution in [2.24, 2.45) is 5.41 Å². The summed E-state index contributed by atoms with van der Waals surface area (Å²) in [5.41, 5.74) is 0.191. The maximum absolute atomic E-state index is 11.9. The second-order valence-electron chi connectivity index (χ2n) is 6.65. The van der Waals surface area contributed by atoms with E-state index in [1.165, 1.54) is 11.3 Å². The van der Waals surface area contributed by atoms with Gasteiger partial charge in [-0.05, 0) is 20.3 Å². The zero-order valence-electron chi connectivity index (χ0n) is 14.6. The van der Waals surface area contributed by atoms with Crippen molar-refractivity contribution in [2.75, 3.05) is 18.5 Å². The minimum absolute atomic E-state index is 0.0754. The van der Waals surface area contributed by atoms with Gasteiger partial charge >= 0.3 is 0 Å². The third-order valence-corrected chi connectivity index (χ3v) is 3.70. The molecular formula is C16H27N3O3S. The average Bonchev–Trinajstić information content (AvgIpc) is 2.84. The van der Waals surface area contributed by atoms with E-state index in [-0.39, 0.29) is 24.3 Å². The van der Waals surface area contributed by atoms with Gasteiger partial charge in [0.2, 0.25) is 11.8 Å².